The minimum atomic E-state index is 0.0636. The predicted molar refractivity (Wildman–Crippen MR) is 88.4 cm³/mol. The van der Waals surface area contributed by atoms with Crippen LogP contribution in [0.25, 0.3) is 0 Å². The molecule has 1 heterocycles. The quantitative estimate of drug-likeness (QED) is 0.934. The fourth-order valence-corrected chi connectivity index (χ4v) is 3.49. The molecule has 0 radical (unpaired) electrons. The average Bonchev–Trinajstić information content (AvgIpc) is 2.47. The van der Waals surface area contributed by atoms with E-state index in [2.05, 4.69) is 42.2 Å². The lowest BCUT2D eigenvalue weighted by Gasteiger charge is -2.38. The molecule has 0 aromatic heterocycles. The zero-order chi connectivity index (χ0) is 14.8. The molecule has 110 valence electrons. The number of halogens is 1. The van der Waals surface area contributed by atoms with Gasteiger partial charge in [-0.05, 0) is 42.2 Å². The fraction of sp³-hybridized carbons (Fsp3) is 0.333. The molecule has 2 N–H and O–H groups in total. The summed E-state index contributed by atoms with van der Waals surface area (Å²) in [5, 5.41) is 0.774. The summed E-state index contributed by atoms with van der Waals surface area (Å²) in [5.41, 5.74) is 10.4. The van der Waals surface area contributed by atoms with E-state index >= 15 is 0 Å². The lowest BCUT2D eigenvalue weighted by Crippen LogP contribution is -2.42. The maximum atomic E-state index is 6.28. The van der Waals surface area contributed by atoms with Crippen LogP contribution in [-0.4, -0.2) is 17.5 Å². The largest absolute Gasteiger partial charge is 0.326 e. The lowest BCUT2D eigenvalue weighted by atomic mass is 9.93. The zero-order valence-electron chi connectivity index (χ0n) is 12.3. The van der Waals surface area contributed by atoms with Gasteiger partial charge in [-0.25, -0.2) is 0 Å². The van der Waals surface area contributed by atoms with E-state index in [0.29, 0.717) is 0 Å². The first-order valence-corrected chi connectivity index (χ1v) is 7.85. The molecule has 0 amide bonds. The molecule has 0 saturated carbocycles. The van der Waals surface area contributed by atoms with Crippen molar-refractivity contribution in [2.75, 3.05) is 6.54 Å². The van der Waals surface area contributed by atoms with Gasteiger partial charge in [0, 0.05) is 24.2 Å². The van der Waals surface area contributed by atoms with Crippen molar-refractivity contribution in [3.8, 4) is 0 Å². The maximum Gasteiger partial charge on any atom is 0.0500 e. The summed E-state index contributed by atoms with van der Waals surface area (Å²) in [6.45, 7) is 4.07. The highest BCUT2D eigenvalue weighted by Crippen LogP contribution is 2.30. The van der Waals surface area contributed by atoms with Crippen molar-refractivity contribution in [3.63, 3.8) is 0 Å². The Morgan fingerprint density at radius 3 is 2.57 bits per heavy atom. The topological polar surface area (TPSA) is 29.3 Å². The van der Waals surface area contributed by atoms with Crippen LogP contribution in [0.2, 0.25) is 5.02 Å². The molecule has 2 unspecified atom stereocenters. The number of hydrogen-bond donors (Lipinski definition) is 1. The second kappa shape index (κ2) is 6.18. The van der Waals surface area contributed by atoms with E-state index in [4.69, 9.17) is 17.3 Å². The molecule has 0 aliphatic carbocycles. The molecule has 0 fully saturated rings. The normalized spacial score (nSPS) is 18.0. The van der Waals surface area contributed by atoms with Crippen molar-refractivity contribution in [3.05, 3.63) is 70.2 Å². The molecule has 0 bridgehead atoms. The van der Waals surface area contributed by atoms with Crippen molar-refractivity contribution >= 4 is 11.6 Å². The van der Waals surface area contributed by atoms with E-state index in [1.807, 2.05) is 18.2 Å². The van der Waals surface area contributed by atoms with Crippen LogP contribution in [-0.2, 0) is 13.0 Å². The van der Waals surface area contributed by atoms with Gasteiger partial charge in [0.25, 0.3) is 0 Å². The average molecular weight is 301 g/mol. The zero-order valence-corrected chi connectivity index (χ0v) is 13.1. The summed E-state index contributed by atoms with van der Waals surface area (Å²) in [6.07, 6.45) is 1.08. The van der Waals surface area contributed by atoms with Crippen LogP contribution >= 0.6 is 11.6 Å². The molecular weight excluding hydrogens is 280 g/mol. The lowest BCUT2D eigenvalue weighted by molar-refractivity contribution is 0.159. The minimum absolute atomic E-state index is 0.0636. The van der Waals surface area contributed by atoms with Gasteiger partial charge in [0.1, 0.15) is 0 Å². The van der Waals surface area contributed by atoms with Gasteiger partial charge in [-0.2, -0.15) is 0 Å². The number of hydrogen-bond acceptors (Lipinski definition) is 2. The first kappa shape index (κ1) is 14.6. The highest BCUT2D eigenvalue weighted by atomic mass is 35.5. The van der Waals surface area contributed by atoms with Gasteiger partial charge in [0.15, 0.2) is 0 Å². The second-order valence-corrected chi connectivity index (χ2v) is 6.28. The third-order valence-electron chi connectivity index (χ3n) is 4.24. The molecule has 0 saturated heterocycles. The van der Waals surface area contributed by atoms with Gasteiger partial charge in [0.2, 0.25) is 0 Å². The van der Waals surface area contributed by atoms with E-state index in [1.165, 1.54) is 16.7 Å². The minimum Gasteiger partial charge on any atom is -0.326 e. The number of nitrogens with two attached hydrogens (primary N) is 1. The molecule has 0 spiro atoms. The third kappa shape index (κ3) is 3.13. The van der Waals surface area contributed by atoms with E-state index in [-0.39, 0.29) is 12.1 Å². The first-order chi connectivity index (χ1) is 10.1. The molecule has 2 aromatic rings. The number of fused-ring (bicyclic) bond motifs is 1. The van der Waals surface area contributed by atoms with E-state index in [1.54, 1.807) is 0 Å². The molecule has 3 rings (SSSR count). The Balaban J connectivity index is 1.89. The Morgan fingerprint density at radius 2 is 1.86 bits per heavy atom. The summed E-state index contributed by atoms with van der Waals surface area (Å²) < 4.78 is 0. The van der Waals surface area contributed by atoms with Crippen LogP contribution in [0.15, 0.2) is 48.5 Å². The van der Waals surface area contributed by atoms with Crippen LogP contribution in [0.4, 0.5) is 0 Å². The van der Waals surface area contributed by atoms with Gasteiger partial charge in [-0.1, -0.05) is 48.0 Å². The van der Waals surface area contributed by atoms with E-state index < -0.39 is 0 Å². The summed E-state index contributed by atoms with van der Waals surface area (Å²) in [4.78, 5) is 2.47. The smallest absolute Gasteiger partial charge is 0.0500 e. The van der Waals surface area contributed by atoms with Crippen molar-refractivity contribution in [1.82, 2.24) is 4.90 Å². The SMILES string of the molecule is CC(N)C(c1cccc(Cl)c1)N1CCc2ccccc2C1. The first-order valence-electron chi connectivity index (χ1n) is 7.47. The van der Waals surface area contributed by atoms with Crippen LogP contribution < -0.4 is 5.73 Å². The van der Waals surface area contributed by atoms with Gasteiger partial charge < -0.3 is 5.73 Å². The molecule has 2 nitrogen and oxygen atoms in total. The van der Waals surface area contributed by atoms with Crippen molar-refractivity contribution in [2.24, 2.45) is 5.73 Å². The third-order valence-corrected chi connectivity index (χ3v) is 4.48. The molecule has 1 aliphatic heterocycles. The van der Waals surface area contributed by atoms with Gasteiger partial charge in [-0.15, -0.1) is 0 Å². The van der Waals surface area contributed by atoms with Crippen LogP contribution in [0.5, 0.6) is 0 Å². The van der Waals surface area contributed by atoms with Gasteiger partial charge in [0.05, 0.1) is 6.04 Å². The van der Waals surface area contributed by atoms with Crippen molar-refractivity contribution in [1.29, 1.82) is 0 Å². The Kier molecular flexibility index (Phi) is 4.29. The van der Waals surface area contributed by atoms with Gasteiger partial charge >= 0.3 is 0 Å². The second-order valence-electron chi connectivity index (χ2n) is 5.85. The van der Waals surface area contributed by atoms with Crippen LogP contribution in [0.3, 0.4) is 0 Å². The Hall–Kier alpha value is -1.35. The summed E-state index contributed by atoms with van der Waals surface area (Å²) in [5.74, 6) is 0. The Bertz CT molecular complexity index is 624. The molecule has 2 aromatic carbocycles. The fourth-order valence-electron chi connectivity index (χ4n) is 3.29. The number of benzene rings is 2. The summed E-state index contributed by atoms with van der Waals surface area (Å²) >= 11 is 6.15. The molecule has 21 heavy (non-hydrogen) atoms. The maximum absolute atomic E-state index is 6.28. The highest BCUT2D eigenvalue weighted by molar-refractivity contribution is 6.30. The predicted octanol–water partition coefficient (Wildman–Crippen LogP) is 3.79. The summed E-state index contributed by atoms with van der Waals surface area (Å²) in [7, 11) is 0. The number of rotatable bonds is 3. The van der Waals surface area contributed by atoms with E-state index in [0.717, 1.165) is 24.5 Å². The molecule has 1 aliphatic rings. The highest BCUT2D eigenvalue weighted by Gasteiger charge is 2.27. The monoisotopic (exact) mass is 300 g/mol. The molecular formula is C18H21ClN2. The van der Waals surface area contributed by atoms with Crippen molar-refractivity contribution < 1.29 is 0 Å². The van der Waals surface area contributed by atoms with Gasteiger partial charge in [-0.3, -0.25) is 4.90 Å². The Morgan fingerprint density at radius 1 is 1.10 bits per heavy atom. The van der Waals surface area contributed by atoms with Crippen molar-refractivity contribution in [2.45, 2.75) is 32.0 Å². The van der Waals surface area contributed by atoms with Crippen LogP contribution in [0, 0.1) is 0 Å². The molecule has 2 atom stereocenters. The van der Waals surface area contributed by atoms with Crippen LogP contribution in [0.1, 0.15) is 29.7 Å². The number of nitrogens with zero attached hydrogens (tertiary/aromatic N) is 1. The summed E-state index contributed by atoms with van der Waals surface area (Å²) in [6, 6.07) is 17.0. The standard InChI is InChI=1S/C18H21ClN2/c1-13(20)18(15-7-4-8-17(19)11-15)21-10-9-14-5-2-3-6-16(14)12-21/h2-8,11,13,18H,9-10,12,20H2,1H3. The van der Waals surface area contributed by atoms with E-state index in [9.17, 15) is 0 Å². The Labute approximate surface area is 131 Å². The molecule has 3 heteroatoms.